The lowest BCUT2D eigenvalue weighted by Gasteiger charge is -2.07. The minimum absolute atomic E-state index is 0.0164. The summed E-state index contributed by atoms with van der Waals surface area (Å²) >= 11 is 6.32. The van der Waals surface area contributed by atoms with Crippen LogP contribution in [0.1, 0.15) is 21.0 Å². The summed E-state index contributed by atoms with van der Waals surface area (Å²) in [4.78, 5) is 39.1. The molecule has 0 spiro atoms. The molecule has 10 heteroatoms. The van der Waals surface area contributed by atoms with Gasteiger partial charge in [0.1, 0.15) is 5.82 Å². The van der Waals surface area contributed by atoms with Gasteiger partial charge in [-0.3, -0.25) is 14.8 Å². The van der Waals surface area contributed by atoms with Crippen molar-refractivity contribution in [1.29, 1.82) is 0 Å². The summed E-state index contributed by atoms with van der Waals surface area (Å²) in [6.45, 7) is 0. The second-order valence-corrected chi connectivity index (χ2v) is 6.39. The second-order valence-electron chi connectivity index (χ2n) is 5.99. The number of rotatable bonds is 4. The Morgan fingerprint density at radius 3 is 2.52 bits per heavy atom. The van der Waals surface area contributed by atoms with Gasteiger partial charge in [-0.2, -0.15) is 0 Å². The number of benzene rings is 2. The third-order valence-corrected chi connectivity index (χ3v) is 4.42. The molecular weight excluding hydrogens is 396 g/mol. The lowest BCUT2D eigenvalue weighted by Crippen LogP contribution is -2.21. The predicted octanol–water partition coefficient (Wildman–Crippen LogP) is 3.04. The van der Waals surface area contributed by atoms with Crippen LogP contribution in [0.2, 0.25) is 5.02 Å². The van der Waals surface area contributed by atoms with Gasteiger partial charge in [0, 0.05) is 23.6 Å². The molecule has 0 bridgehead atoms. The van der Waals surface area contributed by atoms with E-state index in [-0.39, 0.29) is 11.4 Å². The van der Waals surface area contributed by atoms with Gasteiger partial charge in [0.25, 0.3) is 11.8 Å². The number of para-hydroxylation sites is 2. The molecule has 9 nitrogen and oxygen atoms in total. The Labute approximate surface area is 168 Å². The normalized spacial score (nSPS) is 10.7. The molecule has 0 unspecified atom stereocenters. The van der Waals surface area contributed by atoms with Crippen molar-refractivity contribution in [2.24, 2.45) is 0 Å². The van der Waals surface area contributed by atoms with Gasteiger partial charge in [-0.1, -0.05) is 23.7 Å². The van der Waals surface area contributed by atoms with E-state index in [9.17, 15) is 9.59 Å². The second kappa shape index (κ2) is 7.66. The Morgan fingerprint density at radius 1 is 1.03 bits per heavy atom. The van der Waals surface area contributed by atoms with Gasteiger partial charge in [0.15, 0.2) is 0 Å². The predicted molar refractivity (Wildman–Crippen MR) is 106 cm³/mol. The number of aromatic amines is 1. The van der Waals surface area contributed by atoms with Crippen LogP contribution >= 0.6 is 11.6 Å². The van der Waals surface area contributed by atoms with Crippen molar-refractivity contribution in [2.75, 3.05) is 5.32 Å². The van der Waals surface area contributed by atoms with Gasteiger partial charge in [-0.05, 0) is 30.3 Å². The van der Waals surface area contributed by atoms with E-state index in [0.29, 0.717) is 22.1 Å². The molecule has 144 valence electrons. The zero-order chi connectivity index (χ0) is 20.4. The van der Waals surface area contributed by atoms with Crippen LogP contribution in [0.4, 0.5) is 5.69 Å². The molecule has 2 aromatic heterocycles. The van der Waals surface area contributed by atoms with E-state index in [0.717, 1.165) is 23.4 Å². The summed E-state index contributed by atoms with van der Waals surface area (Å²) in [7, 11) is 0. The quantitative estimate of drug-likeness (QED) is 0.303. The van der Waals surface area contributed by atoms with Crippen molar-refractivity contribution < 1.29 is 14.8 Å². The molecule has 4 rings (SSSR count). The molecule has 0 saturated carbocycles. The number of nitrogens with one attached hydrogen (secondary N) is 3. The van der Waals surface area contributed by atoms with Crippen LogP contribution in [0.3, 0.4) is 0 Å². The van der Waals surface area contributed by atoms with E-state index >= 15 is 0 Å². The van der Waals surface area contributed by atoms with Gasteiger partial charge in [-0.15, -0.1) is 0 Å². The first kappa shape index (κ1) is 18.5. The summed E-state index contributed by atoms with van der Waals surface area (Å²) in [6, 6.07) is 12.6. The Kier molecular flexibility index (Phi) is 4.90. The number of nitrogens with zero attached hydrogens (tertiary/aromatic N) is 3. The summed E-state index contributed by atoms with van der Waals surface area (Å²) in [5.41, 5.74) is 4.24. The van der Waals surface area contributed by atoms with E-state index < -0.39 is 11.8 Å². The summed E-state index contributed by atoms with van der Waals surface area (Å²) in [5, 5.41) is 11.7. The first-order valence-corrected chi connectivity index (χ1v) is 8.75. The number of hydrogen-bond donors (Lipinski definition) is 4. The van der Waals surface area contributed by atoms with Crippen LogP contribution < -0.4 is 10.8 Å². The van der Waals surface area contributed by atoms with Gasteiger partial charge in [0.2, 0.25) is 5.82 Å². The standard InChI is InChI=1S/C19H13ClN6O3/c20-13-6-5-11(7-12(13)16-24-14-3-1-2-4-15(14)25-16)23-19(28)17-21-8-10(9-22-17)18(27)26-29/h1-9,29H,(H,23,28)(H,24,25)(H,26,27). The van der Waals surface area contributed by atoms with Crippen molar-refractivity contribution in [3.05, 3.63) is 71.3 Å². The highest BCUT2D eigenvalue weighted by molar-refractivity contribution is 6.33. The van der Waals surface area contributed by atoms with Crippen LogP contribution in [0.25, 0.3) is 22.4 Å². The Morgan fingerprint density at radius 2 is 1.79 bits per heavy atom. The third kappa shape index (κ3) is 3.77. The number of hydrogen-bond acceptors (Lipinski definition) is 6. The Hall–Kier alpha value is -3.82. The van der Waals surface area contributed by atoms with Crippen LogP contribution in [-0.2, 0) is 0 Å². The van der Waals surface area contributed by atoms with Crippen LogP contribution in [-0.4, -0.2) is 37.0 Å². The zero-order valence-corrected chi connectivity index (χ0v) is 15.4. The number of fused-ring (bicyclic) bond motifs is 1. The van der Waals surface area contributed by atoms with Gasteiger partial charge >= 0.3 is 0 Å². The number of imidazole rings is 1. The van der Waals surface area contributed by atoms with Crippen molar-refractivity contribution in [2.45, 2.75) is 0 Å². The maximum absolute atomic E-state index is 12.4. The SMILES string of the molecule is O=C(NO)c1cnc(C(=O)Nc2ccc(Cl)c(-c3nc4ccccc4[nH]3)c2)nc1. The molecule has 0 radical (unpaired) electrons. The van der Waals surface area contributed by atoms with E-state index in [1.807, 2.05) is 24.3 Å². The topological polar surface area (TPSA) is 133 Å². The Balaban J connectivity index is 1.58. The highest BCUT2D eigenvalue weighted by atomic mass is 35.5. The first-order valence-electron chi connectivity index (χ1n) is 8.37. The van der Waals surface area contributed by atoms with Crippen molar-refractivity contribution >= 4 is 40.1 Å². The molecule has 4 N–H and O–H groups in total. The van der Waals surface area contributed by atoms with Crippen molar-refractivity contribution in [3.8, 4) is 11.4 Å². The lowest BCUT2D eigenvalue weighted by molar-refractivity contribution is 0.0705. The first-order chi connectivity index (χ1) is 14.0. The number of halogens is 1. The number of H-pyrrole nitrogens is 1. The fourth-order valence-corrected chi connectivity index (χ4v) is 2.89. The third-order valence-electron chi connectivity index (χ3n) is 4.09. The monoisotopic (exact) mass is 408 g/mol. The highest BCUT2D eigenvalue weighted by Gasteiger charge is 2.14. The van der Waals surface area contributed by atoms with Gasteiger partial charge in [0.05, 0.1) is 21.6 Å². The molecule has 0 atom stereocenters. The maximum Gasteiger partial charge on any atom is 0.293 e. The van der Waals surface area contributed by atoms with E-state index in [1.165, 1.54) is 5.48 Å². The fraction of sp³-hybridized carbons (Fsp3) is 0. The Bertz CT molecular complexity index is 1190. The molecule has 29 heavy (non-hydrogen) atoms. The summed E-state index contributed by atoms with van der Waals surface area (Å²) in [5.74, 6) is -0.911. The van der Waals surface area contributed by atoms with Crippen LogP contribution in [0.5, 0.6) is 0 Å². The smallest absolute Gasteiger partial charge is 0.293 e. The molecule has 0 aliphatic carbocycles. The van der Waals surface area contributed by atoms with Gasteiger partial charge in [-0.25, -0.2) is 20.4 Å². The van der Waals surface area contributed by atoms with E-state index in [4.69, 9.17) is 16.8 Å². The molecule has 4 aromatic rings. The minimum Gasteiger partial charge on any atom is -0.338 e. The fourth-order valence-electron chi connectivity index (χ4n) is 2.68. The van der Waals surface area contributed by atoms with Crippen molar-refractivity contribution in [1.82, 2.24) is 25.4 Å². The zero-order valence-electron chi connectivity index (χ0n) is 14.7. The number of amides is 2. The largest absolute Gasteiger partial charge is 0.338 e. The molecule has 0 fully saturated rings. The average molecular weight is 409 g/mol. The molecule has 2 heterocycles. The van der Waals surface area contributed by atoms with Crippen molar-refractivity contribution in [3.63, 3.8) is 0 Å². The van der Waals surface area contributed by atoms with Crippen LogP contribution in [0, 0.1) is 0 Å². The number of carbonyl (C=O) groups excluding carboxylic acids is 2. The number of hydroxylamine groups is 1. The molecule has 0 aliphatic rings. The molecular formula is C19H13ClN6O3. The van der Waals surface area contributed by atoms with E-state index in [2.05, 4.69) is 25.3 Å². The average Bonchev–Trinajstić information content (AvgIpc) is 3.18. The highest BCUT2D eigenvalue weighted by Crippen LogP contribution is 2.30. The van der Waals surface area contributed by atoms with Gasteiger partial charge < -0.3 is 10.3 Å². The number of aromatic nitrogens is 4. The maximum atomic E-state index is 12.4. The molecule has 2 amide bonds. The van der Waals surface area contributed by atoms with Crippen LogP contribution in [0.15, 0.2) is 54.9 Å². The molecule has 0 aliphatic heterocycles. The molecule has 2 aromatic carbocycles. The summed E-state index contributed by atoms with van der Waals surface area (Å²) < 4.78 is 0. The lowest BCUT2D eigenvalue weighted by atomic mass is 10.2. The van der Waals surface area contributed by atoms with E-state index in [1.54, 1.807) is 18.2 Å². The minimum atomic E-state index is -0.773. The number of carbonyl (C=O) groups is 2. The molecule has 0 saturated heterocycles. The summed E-state index contributed by atoms with van der Waals surface area (Å²) in [6.07, 6.45) is 2.27. The number of anilines is 1.